The van der Waals surface area contributed by atoms with E-state index in [-0.39, 0.29) is 23.9 Å². The molecular weight excluding hydrogens is 243 g/mol. The zero-order valence-electron chi connectivity index (χ0n) is 9.91. The van der Waals surface area contributed by atoms with Crippen LogP contribution in [-0.4, -0.2) is 38.0 Å². The number of carbonyl (C=O) groups is 2. The maximum atomic E-state index is 11.8. The average molecular weight is 252 g/mol. The first kappa shape index (κ1) is 14.3. The summed E-state index contributed by atoms with van der Waals surface area (Å²) < 4.78 is 0. The molecule has 92 valence electrons. The van der Waals surface area contributed by atoms with E-state index in [0.29, 0.717) is 17.4 Å². The lowest BCUT2D eigenvalue weighted by atomic mass is 10.1. The molecule has 0 aromatic heterocycles. The molecule has 1 aromatic carbocycles. The Bertz CT molecular complexity index is 598. The van der Waals surface area contributed by atoms with Gasteiger partial charge in [0.05, 0.1) is 11.6 Å². The van der Waals surface area contributed by atoms with E-state index in [0.717, 1.165) is 0 Å². The van der Waals surface area contributed by atoms with Crippen LogP contribution in [0.2, 0.25) is 0 Å². The van der Waals surface area contributed by atoms with Crippen LogP contribution in [0.5, 0.6) is 0 Å². The third-order valence-corrected chi connectivity index (χ3v) is 2.05. The van der Waals surface area contributed by atoms with Crippen LogP contribution in [0.1, 0.15) is 15.9 Å². The van der Waals surface area contributed by atoms with Crippen molar-refractivity contribution in [3.63, 3.8) is 0 Å². The van der Waals surface area contributed by atoms with E-state index >= 15 is 0 Å². The molecule has 7 heteroatoms. The fourth-order valence-electron chi connectivity index (χ4n) is 1.24. The second-order valence-electron chi connectivity index (χ2n) is 3.44. The zero-order valence-corrected chi connectivity index (χ0v) is 9.91. The lowest BCUT2D eigenvalue weighted by Crippen LogP contribution is -2.15. The Morgan fingerprint density at radius 3 is 2.84 bits per heavy atom. The van der Waals surface area contributed by atoms with Gasteiger partial charge in [-0.05, 0) is 12.1 Å². The van der Waals surface area contributed by atoms with Gasteiger partial charge in [-0.3, -0.25) is 14.6 Å². The summed E-state index contributed by atoms with van der Waals surface area (Å²) in [5, 5.41) is 8.72. The number of hydrogen-bond donors (Lipinski definition) is 1. The average Bonchev–Trinajstić information content (AvgIpc) is 2.42. The van der Waals surface area contributed by atoms with Crippen LogP contribution < -0.4 is 5.73 Å². The summed E-state index contributed by atoms with van der Waals surface area (Å²) in [6.07, 6.45) is 0.346. The fraction of sp³-hybridized carbons (Fsp3) is 0.0833. The summed E-state index contributed by atoms with van der Waals surface area (Å²) >= 11 is 0. The summed E-state index contributed by atoms with van der Waals surface area (Å²) in [5.41, 5.74) is 5.48. The van der Waals surface area contributed by atoms with Crippen molar-refractivity contribution < 1.29 is 9.59 Å². The summed E-state index contributed by atoms with van der Waals surface area (Å²) in [6.45, 7) is -0.278. The zero-order chi connectivity index (χ0) is 14.3. The molecule has 1 aromatic rings. The minimum atomic E-state index is -0.345. The van der Waals surface area contributed by atoms with Gasteiger partial charge in [-0.15, -0.1) is 0 Å². The van der Waals surface area contributed by atoms with Crippen molar-refractivity contribution in [1.82, 2.24) is 0 Å². The highest BCUT2D eigenvalue weighted by atomic mass is 16.1. The Balaban J connectivity index is 2.85. The van der Waals surface area contributed by atoms with Crippen LogP contribution in [0.25, 0.3) is 0 Å². The van der Waals surface area contributed by atoms with E-state index in [9.17, 15) is 9.59 Å². The number of amidine groups is 2. The molecular formula is C12H9BN4O2. The topological polar surface area (TPSA) is 109 Å². The third kappa shape index (κ3) is 4.56. The van der Waals surface area contributed by atoms with E-state index in [1.165, 1.54) is 6.07 Å². The number of benzene rings is 1. The molecule has 0 unspecified atom stereocenters. The first-order valence-electron chi connectivity index (χ1n) is 5.19. The predicted molar refractivity (Wildman–Crippen MR) is 71.2 cm³/mol. The largest absolute Gasteiger partial charge is 0.396 e. The fourth-order valence-corrected chi connectivity index (χ4v) is 1.24. The number of nitrogens with two attached hydrogens (primary N) is 1. The van der Waals surface area contributed by atoms with Gasteiger partial charge in [-0.2, -0.15) is 5.26 Å². The van der Waals surface area contributed by atoms with Gasteiger partial charge in [0.1, 0.15) is 6.54 Å². The highest BCUT2D eigenvalue weighted by Crippen LogP contribution is 2.05. The number of nitrogens with zero attached hydrogens (tertiary/aromatic N) is 3. The standard InChI is InChI=1S/C12H9BN4O2/c13-12(15)17-11(7-18)16-6-10(19)9-3-1-2-8(4-9)5-14/h1-4,7H,6H2,(H2,15,16,17). The van der Waals surface area contributed by atoms with Crippen molar-refractivity contribution in [2.45, 2.75) is 0 Å². The molecule has 0 aliphatic carbocycles. The molecule has 2 N–H and O–H groups in total. The second-order valence-corrected chi connectivity index (χ2v) is 3.44. The first-order valence-corrected chi connectivity index (χ1v) is 5.19. The van der Waals surface area contributed by atoms with Crippen LogP contribution >= 0.6 is 0 Å². The lowest BCUT2D eigenvalue weighted by Gasteiger charge is -1.98. The number of ketones is 1. The van der Waals surface area contributed by atoms with E-state index in [4.69, 9.17) is 18.8 Å². The smallest absolute Gasteiger partial charge is 0.189 e. The van der Waals surface area contributed by atoms with Gasteiger partial charge in [0.2, 0.25) is 0 Å². The van der Waals surface area contributed by atoms with Crippen LogP contribution in [0, 0.1) is 11.3 Å². The molecule has 1 rings (SSSR count). The molecule has 0 saturated carbocycles. The maximum absolute atomic E-state index is 11.8. The number of carbonyl (C=O) groups excluding carboxylic acids is 2. The molecule has 19 heavy (non-hydrogen) atoms. The monoisotopic (exact) mass is 252 g/mol. The first-order chi connectivity index (χ1) is 9.06. The van der Waals surface area contributed by atoms with E-state index in [1.807, 2.05) is 6.07 Å². The van der Waals surface area contributed by atoms with Gasteiger partial charge in [0.15, 0.2) is 25.8 Å². The van der Waals surface area contributed by atoms with Gasteiger partial charge >= 0.3 is 0 Å². The number of rotatable bonds is 4. The molecule has 0 saturated heterocycles. The van der Waals surface area contributed by atoms with E-state index in [1.54, 1.807) is 18.2 Å². The molecule has 0 atom stereocenters. The Morgan fingerprint density at radius 2 is 2.26 bits per heavy atom. The van der Waals surface area contributed by atoms with Crippen molar-refractivity contribution in [2.75, 3.05) is 6.54 Å². The van der Waals surface area contributed by atoms with Crippen molar-refractivity contribution >= 4 is 31.5 Å². The normalized spacial score (nSPS) is 11.7. The summed E-state index contributed by atoms with van der Waals surface area (Å²) in [7, 11) is 5.09. The molecule has 0 heterocycles. The van der Waals surface area contributed by atoms with Gasteiger partial charge < -0.3 is 5.73 Å². The Kier molecular flexibility index (Phi) is 5.17. The number of nitriles is 1. The van der Waals surface area contributed by atoms with Crippen LogP contribution in [0.4, 0.5) is 0 Å². The van der Waals surface area contributed by atoms with Crippen molar-refractivity contribution in [2.24, 2.45) is 15.7 Å². The minimum Gasteiger partial charge on any atom is -0.396 e. The van der Waals surface area contributed by atoms with Gasteiger partial charge in [0, 0.05) is 11.3 Å². The predicted octanol–water partition coefficient (Wildman–Crippen LogP) is -0.178. The highest BCUT2D eigenvalue weighted by molar-refractivity contribution is 6.60. The number of aliphatic imine (C=N–C) groups is 2. The molecule has 0 aliphatic rings. The van der Waals surface area contributed by atoms with Crippen molar-refractivity contribution in [1.29, 1.82) is 5.26 Å². The van der Waals surface area contributed by atoms with Gasteiger partial charge in [0.25, 0.3) is 0 Å². The quantitative estimate of drug-likeness (QED) is 0.263. The van der Waals surface area contributed by atoms with Crippen molar-refractivity contribution in [3.8, 4) is 6.07 Å². The lowest BCUT2D eigenvalue weighted by molar-refractivity contribution is -0.102. The number of hydrogen-bond acceptors (Lipinski definition) is 4. The highest BCUT2D eigenvalue weighted by Gasteiger charge is 2.06. The Labute approximate surface area is 111 Å². The molecule has 0 fully saturated rings. The second kappa shape index (κ2) is 6.86. The van der Waals surface area contributed by atoms with Crippen LogP contribution in [0.15, 0.2) is 34.3 Å². The molecule has 0 amide bonds. The van der Waals surface area contributed by atoms with Crippen molar-refractivity contribution in [3.05, 3.63) is 35.4 Å². The van der Waals surface area contributed by atoms with E-state index in [2.05, 4.69) is 9.98 Å². The summed E-state index contributed by atoms with van der Waals surface area (Å²) in [4.78, 5) is 29.5. The van der Waals surface area contributed by atoms with Gasteiger partial charge in [-0.1, -0.05) is 12.1 Å². The summed E-state index contributed by atoms with van der Waals surface area (Å²) in [6, 6.07) is 8.09. The van der Waals surface area contributed by atoms with Crippen LogP contribution in [-0.2, 0) is 4.79 Å². The van der Waals surface area contributed by atoms with Gasteiger partial charge in [-0.25, -0.2) is 4.99 Å². The molecule has 6 nitrogen and oxygen atoms in total. The minimum absolute atomic E-state index is 0.259. The van der Waals surface area contributed by atoms with Crippen LogP contribution in [0.3, 0.4) is 0 Å². The molecule has 0 spiro atoms. The maximum Gasteiger partial charge on any atom is 0.189 e. The molecule has 2 radical (unpaired) electrons. The third-order valence-electron chi connectivity index (χ3n) is 2.05. The Hall–Kier alpha value is -2.75. The SMILES string of the molecule is [B]C(N)=NC(C=O)=NCC(=O)c1cccc(C#N)c1. The summed E-state index contributed by atoms with van der Waals surface area (Å²) in [5.74, 6) is -0.605. The Morgan fingerprint density at radius 1 is 1.53 bits per heavy atom. The van der Waals surface area contributed by atoms with E-state index < -0.39 is 0 Å². The molecule has 0 aliphatic heterocycles. The number of Topliss-reactive ketones (excluding diaryl/α,β-unsaturated/α-hetero) is 1. The molecule has 0 bridgehead atoms. The number of aldehydes is 1.